The van der Waals surface area contributed by atoms with Gasteiger partial charge in [0.15, 0.2) is 0 Å². The molecule has 0 spiro atoms. The molecule has 1 aromatic carbocycles. The Labute approximate surface area is 128 Å². The summed E-state index contributed by atoms with van der Waals surface area (Å²) in [7, 11) is 0. The number of ether oxygens (including phenoxy) is 1. The van der Waals surface area contributed by atoms with Crippen LogP contribution in [0.1, 0.15) is 25.3 Å². The van der Waals surface area contributed by atoms with Gasteiger partial charge >= 0.3 is 5.97 Å². The van der Waals surface area contributed by atoms with Gasteiger partial charge in [0.1, 0.15) is 11.4 Å². The molecule has 120 valence electrons. The van der Waals surface area contributed by atoms with Gasteiger partial charge < -0.3 is 15.2 Å². The number of benzene rings is 1. The van der Waals surface area contributed by atoms with E-state index < -0.39 is 17.4 Å². The van der Waals surface area contributed by atoms with Gasteiger partial charge in [-0.15, -0.1) is 0 Å². The summed E-state index contributed by atoms with van der Waals surface area (Å²) in [6.45, 7) is 2.32. The fraction of sp³-hybridized carbons (Fsp3) is 0.500. The molecule has 1 fully saturated rings. The van der Waals surface area contributed by atoms with Gasteiger partial charge in [-0.1, -0.05) is 19.1 Å². The first-order valence-electron chi connectivity index (χ1n) is 7.30. The van der Waals surface area contributed by atoms with Gasteiger partial charge in [-0.3, -0.25) is 4.79 Å². The Kier molecular flexibility index (Phi) is 5.13. The van der Waals surface area contributed by atoms with Crippen LogP contribution >= 0.6 is 0 Å². The largest absolute Gasteiger partial charge is 0.480 e. The standard InChI is InChI=1S/C16H20FNO4/c1-11(9-12-3-2-4-13(17)10-12)14(19)18-16(15(20)21)5-7-22-8-6-16/h2-4,10-11H,5-9H2,1H3,(H,18,19)(H,20,21). The summed E-state index contributed by atoms with van der Waals surface area (Å²) in [4.78, 5) is 23.8. The van der Waals surface area contributed by atoms with Crippen LogP contribution in [0.15, 0.2) is 24.3 Å². The minimum atomic E-state index is -1.26. The van der Waals surface area contributed by atoms with E-state index in [0.29, 0.717) is 25.2 Å². The van der Waals surface area contributed by atoms with Crippen molar-refractivity contribution in [1.29, 1.82) is 0 Å². The quantitative estimate of drug-likeness (QED) is 0.869. The van der Waals surface area contributed by atoms with Gasteiger partial charge in [0.2, 0.25) is 5.91 Å². The first-order chi connectivity index (χ1) is 10.4. The van der Waals surface area contributed by atoms with Gasteiger partial charge in [-0.05, 0) is 24.1 Å². The van der Waals surface area contributed by atoms with Gasteiger partial charge in [-0.2, -0.15) is 0 Å². The first kappa shape index (κ1) is 16.4. The van der Waals surface area contributed by atoms with Gasteiger partial charge in [0, 0.05) is 32.0 Å². The van der Waals surface area contributed by atoms with E-state index in [-0.39, 0.29) is 24.6 Å². The summed E-state index contributed by atoms with van der Waals surface area (Å²) in [5.41, 5.74) is -0.551. The average molecular weight is 309 g/mol. The minimum Gasteiger partial charge on any atom is -0.480 e. The zero-order valence-corrected chi connectivity index (χ0v) is 12.5. The third-order valence-electron chi connectivity index (χ3n) is 4.00. The SMILES string of the molecule is CC(Cc1cccc(F)c1)C(=O)NC1(C(=O)O)CCOCC1. The number of hydrogen-bond acceptors (Lipinski definition) is 3. The lowest BCUT2D eigenvalue weighted by Crippen LogP contribution is -2.58. The molecule has 0 saturated carbocycles. The maximum absolute atomic E-state index is 13.2. The van der Waals surface area contributed by atoms with E-state index in [1.54, 1.807) is 19.1 Å². The van der Waals surface area contributed by atoms with Crippen LogP contribution in [-0.2, 0) is 20.7 Å². The molecule has 0 radical (unpaired) electrons. The Bertz CT molecular complexity index is 555. The van der Waals surface area contributed by atoms with Crippen molar-refractivity contribution in [3.8, 4) is 0 Å². The molecule has 2 N–H and O–H groups in total. The van der Waals surface area contributed by atoms with Crippen molar-refractivity contribution in [2.45, 2.75) is 31.7 Å². The normalized spacial score (nSPS) is 18.5. The molecule has 1 unspecified atom stereocenters. The Hall–Kier alpha value is -1.95. The number of carboxylic acids is 1. The Morgan fingerprint density at radius 1 is 1.41 bits per heavy atom. The highest BCUT2D eigenvalue weighted by Crippen LogP contribution is 2.22. The zero-order valence-electron chi connectivity index (χ0n) is 12.5. The number of carboxylic acid groups (broad SMARTS) is 1. The predicted octanol–water partition coefficient (Wildman–Crippen LogP) is 1.75. The third-order valence-corrected chi connectivity index (χ3v) is 4.00. The van der Waals surface area contributed by atoms with Crippen LogP contribution < -0.4 is 5.32 Å². The van der Waals surface area contributed by atoms with Crippen molar-refractivity contribution in [2.24, 2.45) is 5.92 Å². The number of amides is 1. The third kappa shape index (κ3) is 3.82. The van der Waals surface area contributed by atoms with E-state index in [2.05, 4.69) is 5.32 Å². The second kappa shape index (κ2) is 6.87. The van der Waals surface area contributed by atoms with Gasteiger partial charge in [0.25, 0.3) is 0 Å². The Morgan fingerprint density at radius 2 is 2.09 bits per heavy atom. The van der Waals surface area contributed by atoms with Crippen molar-refractivity contribution < 1.29 is 23.8 Å². The predicted molar refractivity (Wildman–Crippen MR) is 77.8 cm³/mol. The van der Waals surface area contributed by atoms with Crippen molar-refractivity contribution in [1.82, 2.24) is 5.32 Å². The van der Waals surface area contributed by atoms with Crippen molar-refractivity contribution >= 4 is 11.9 Å². The lowest BCUT2D eigenvalue weighted by Gasteiger charge is -2.34. The Balaban J connectivity index is 2.02. The zero-order chi connectivity index (χ0) is 16.2. The molecule has 5 nitrogen and oxygen atoms in total. The summed E-state index contributed by atoms with van der Waals surface area (Å²) in [5.74, 6) is -2.17. The molecular weight excluding hydrogens is 289 g/mol. The second-order valence-electron chi connectivity index (χ2n) is 5.72. The summed E-state index contributed by atoms with van der Waals surface area (Å²) in [6.07, 6.45) is 0.858. The molecule has 1 atom stereocenters. The van der Waals surface area contributed by atoms with Crippen LogP contribution in [0, 0.1) is 11.7 Å². The molecule has 1 aromatic rings. The number of aliphatic carboxylic acids is 1. The van der Waals surface area contributed by atoms with E-state index in [1.165, 1.54) is 12.1 Å². The van der Waals surface area contributed by atoms with Crippen LogP contribution in [0.5, 0.6) is 0 Å². The highest BCUT2D eigenvalue weighted by atomic mass is 19.1. The monoisotopic (exact) mass is 309 g/mol. The first-order valence-corrected chi connectivity index (χ1v) is 7.30. The Morgan fingerprint density at radius 3 is 2.68 bits per heavy atom. The number of hydrogen-bond donors (Lipinski definition) is 2. The fourth-order valence-corrected chi connectivity index (χ4v) is 2.58. The van der Waals surface area contributed by atoms with E-state index >= 15 is 0 Å². The van der Waals surface area contributed by atoms with E-state index in [4.69, 9.17) is 4.74 Å². The molecule has 1 aliphatic rings. The smallest absolute Gasteiger partial charge is 0.329 e. The number of rotatable bonds is 5. The van der Waals surface area contributed by atoms with Gasteiger partial charge in [-0.25, -0.2) is 9.18 Å². The molecule has 1 saturated heterocycles. The fourth-order valence-electron chi connectivity index (χ4n) is 2.58. The minimum absolute atomic E-state index is 0.251. The van der Waals surface area contributed by atoms with E-state index in [1.807, 2.05) is 0 Å². The van der Waals surface area contributed by atoms with E-state index in [0.717, 1.165) is 0 Å². The molecule has 2 rings (SSSR count). The average Bonchev–Trinajstić information content (AvgIpc) is 2.48. The van der Waals surface area contributed by atoms with Crippen LogP contribution in [0.25, 0.3) is 0 Å². The molecule has 0 bridgehead atoms. The molecule has 6 heteroatoms. The van der Waals surface area contributed by atoms with Crippen molar-refractivity contribution in [2.75, 3.05) is 13.2 Å². The lowest BCUT2D eigenvalue weighted by atomic mass is 9.88. The number of carbonyl (C=O) groups is 2. The molecule has 0 aliphatic carbocycles. The van der Waals surface area contributed by atoms with Crippen LogP contribution in [0.3, 0.4) is 0 Å². The maximum atomic E-state index is 13.2. The summed E-state index contributed by atoms with van der Waals surface area (Å²) >= 11 is 0. The van der Waals surface area contributed by atoms with Crippen molar-refractivity contribution in [3.05, 3.63) is 35.6 Å². The highest BCUT2D eigenvalue weighted by Gasteiger charge is 2.42. The van der Waals surface area contributed by atoms with Gasteiger partial charge in [0.05, 0.1) is 0 Å². The molecule has 1 heterocycles. The lowest BCUT2D eigenvalue weighted by molar-refractivity contribution is -0.152. The summed E-state index contributed by atoms with van der Waals surface area (Å²) < 4.78 is 18.3. The summed E-state index contributed by atoms with van der Waals surface area (Å²) in [6, 6.07) is 6.06. The molecule has 22 heavy (non-hydrogen) atoms. The molecule has 0 aromatic heterocycles. The van der Waals surface area contributed by atoms with Crippen molar-refractivity contribution in [3.63, 3.8) is 0 Å². The maximum Gasteiger partial charge on any atom is 0.329 e. The molecule has 1 amide bonds. The van der Waals surface area contributed by atoms with E-state index in [9.17, 15) is 19.1 Å². The number of carbonyl (C=O) groups excluding carboxylic acids is 1. The number of halogens is 1. The molecular formula is C16H20FNO4. The van der Waals surface area contributed by atoms with Crippen LogP contribution in [0.4, 0.5) is 4.39 Å². The summed E-state index contributed by atoms with van der Waals surface area (Å²) in [5, 5.41) is 12.1. The molecule has 1 aliphatic heterocycles. The topological polar surface area (TPSA) is 75.6 Å². The van der Waals surface area contributed by atoms with Crippen LogP contribution in [0.2, 0.25) is 0 Å². The highest BCUT2D eigenvalue weighted by molar-refractivity contribution is 5.88. The number of nitrogens with one attached hydrogen (secondary N) is 1. The second-order valence-corrected chi connectivity index (χ2v) is 5.72. The van der Waals surface area contributed by atoms with Crippen LogP contribution in [-0.4, -0.2) is 35.7 Å².